The van der Waals surface area contributed by atoms with Crippen molar-refractivity contribution in [1.82, 2.24) is 4.90 Å². The van der Waals surface area contributed by atoms with Gasteiger partial charge in [0.1, 0.15) is 6.61 Å². The molecule has 0 aliphatic rings. The van der Waals surface area contributed by atoms with Crippen LogP contribution in [0, 0.1) is 0 Å². The Morgan fingerprint density at radius 2 is 1.74 bits per heavy atom. The van der Waals surface area contributed by atoms with E-state index in [9.17, 15) is 19.8 Å². The third kappa shape index (κ3) is 4.47. The van der Waals surface area contributed by atoms with Crippen LogP contribution in [0.3, 0.4) is 0 Å². The number of carbonyl (C=O) groups is 2. The third-order valence-electron chi connectivity index (χ3n) is 3.19. The molecule has 120 valence electrons. The molecule has 1 amide bonds. The number of amides is 1. The van der Waals surface area contributed by atoms with Crippen molar-refractivity contribution in [1.29, 1.82) is 0 Å². The summed E-state index contributed by atoms with van der Waals surface area (Å²) >= 11 is 0. The first-order valence-corrected chi connectivity index (χ1v) is 6.94. The first-order valence-electron chi connectivity index (χ1n) is 6.94. The number of carbonyl (C=O) groups excluding carboxylic acids is 2. The Bertz CT molecular complexity index is 699. The van der Waals surface area contributed by atoms with Gasteiger partial charge in [0, 0.05) is 12.6 Å². The number of phenols is 2. The van der Waals surface area contributed by atoms with Crippen molar-refractivity contribution < 1.29 is 24.5 Å². The summed E-state index contributed by atoms with van der Waals surface area (Å²) in [4.78, 5) is 25.1. The van der Waals surface area contributed by atoms with Crippen LogP contribution in [0.4, 0.5) is 4.79 Å². The van der Waals surface area contributed by atoms with Crippen LogP contribution in [0.2, 0.25) is 0 Å². The lowest BCUT2D eigenvalue weighted by molar-refractivity contribution is 0.0850. The number of ketones is 1. The first-order chi connectivity index (χ1) is 11.0. The third-order valence-corrected chi connectivity index (χ3v) is 3.19. The van der Waals surface area contributed by atoms with E-state index in [4.69, 9.17) is 4.74 Å². The van der Waals surface area contributed by atoms with E-state index in [0.29, 0.717) is 11.1 Å². The smallest absolute Gasteiger partial charge is 0.410 e. The van der Waals surface area contributed by atoms with Gasteiger partial charge in [-0.3, -0.25) is 4.79 Å². The minimum Gasteiger partial charge on any atom is -0.504 e. The molecule has 0 fully saturated rings. The zero-order valence-electron chi connectivity index (χ0n) is 12.6. The number of ether oxygens (including phenoxy) is 1. The van der Waals surface area contributed by atoms with Gasteiger partial charge in [0.2, 0.25) is 0 Å². The van der Waals surface area contributed by atoms with E-state index in [1.54, 1.807) is 24.3 Å². The van der Waals surface area contributed by atoms with Crippen LogP contribution in [0.25, 0.3) is 0 Å². The molecule has 0 heterocycles. The lowest BCUT2D eigenvalue weighted by Gasteiger charge is -2.16. The fourth-order valence-corrected chi connectivity index (χ4v) is 1.91. The highest BCUT2D eigenvalue weighted by Crippen LogP contribution is 2.25. The van der Waals surface area contributed by atoms with Gasteiger partial charge >= 0.3 is 6.09 Å². The Morgan fingerprint density at radius 3 is 2.39 bits per heavy atom. The molecule has 0 unspecified atom stereocenters. The highest BCUT2D eigenvalue weighted by molar-refractivity contribution is 5.98. The fraction of sp³-hybridized carbons (Fsp3) is 0.176. The van der Waals surface area contributed by atoms with E-state index < -0.39 is 6.09 Å². The summed E-state index contributed by atoms with van der Waals surface area (Å²) in [6.45, 7) is -0.166. The van der Waals surface area contributed by atoms with Crippen molar-refractivity contribution >= 4 is 11.9 Å². The van der Waals surface area contributed by atoms with Crippen molar-refractivity contribution in [2.24, 2.45) is 0 Å². The summed E-state index contributed by atoms with van der Waals surface area (Å²) < 4.78 is 5.06. The van der Waals surface area contributed by atoms with E-state index in [-0.39, 0.29) is 30.4 Å². The minimum absolute atomic E-state index is 0.0729. The molecule has 2 rings (SSSR count). The van der Waals surface area contributed by atoms with Gasteiger partial charge in [0.25, 0.3) is 0 Å². The van der Waals surface area contributed by atoms with E-state index in [1.807, 2.05) is 6.07 Å². The van der Waals surface area contributed by atoms with Crippen LogP contribution in [0.15, 0.2) is 48.5 Å². The largest absolute Gasteiger partial charge is 0.504 e. The predicted octanol–water partition coefficient (Wildman–Crippen LogP) is 2.55. The Morgan fingerprint density at radius 1 is 1.04 bits per heavy atom. The quantitative estimate of drug-likeness (QED) is 0.654. The van der Waals surface area contributed by atoms with Gasteiger partial charge in [0.15, 0.2) is 17.3 Å². The van der Waals surface area contributed by atoms with Gasteiger partial charge in [-0.15, -0.1) is 0 Å². The second-order valence-electron chi connectivity index (χ2n) is 5.02. The molecule has 23 heavy (non-hydrogen) atoms. The molecule has 0 aliphatic heterocycles. The van der Waals surface area contributed by atoms with Crippen LogP contribution in [-0.4, -0.2) is 40.6 Å². The lowest BCUT2D eigenvalue weighted by Crippen LogP contribution is -2.32. The van der Waals surface area contributed by atoms with Crippen LogP contribution in [-0.2, 0) is 11.3 Å². The van der Waals surface area contributed by atoms with E-state index in [2.05, 4.69) is 0 Å². The number of rotatable bonds is 5. The second kappa shape index (κ2) is 7.31. The van der Waals surface area contributed by atoms with E-state index >= 15 is 0 Å². The van der Waals surface area contributed by atoms with Gasteiger partial charge in [-0.25, -0.2) is 4.79 Å². The molecule has 6 heteroatoms. The van der Waals surface area contributed by atoms with E-state index in [1.165, 1.54) is 30.1 Å². The lowest BCUT2D eigenvalue weighted by atomic mass is 10.1. The topological polar surface area (TPSA) is 87.1 Å². The van der Waals surface area contributed by atoms with Crippen LogP contribution in [0.1, 0.15) is 15.9 Å². The Hall–Kier alpha value is -3.02. The van der Waals surface area contributed by atoms with Crippen LogP contribution < -0.4 is 0 Å². The van der Waals surface area contributed by atoms with Gasteiger partial charge < -0.3 is 19.8 Å². The van der Waals surface area contributed by atoms with Gasteiger partial charge in [-0.2, -0.15) is 0 Å². The number of nitrogens with zero attached hydrogens (tertiary/aromatic N) is 1. The molecule has 2 N–H and O–H groups in total. The summed E-state index contributed by atoms with van der Waals surface area (Å²) in [6.07, 6.45) is -0.651. The molecule has 0 bridgehead atoms. The zero-order valence-corrected chi connectivity index (χ0v) is 12.6. The zero-order chi connectivity index (χ0) is 16.8. The summed E-state index contributed by atoms with van der Waals surface area (Å²) in [6, 6.07) is 12.8. The normalized spacial score (nSPS) is 10.1. The molecule has 0 radical (unpaired) electrons. The number of phenolic OH excluding ortho intramolecular Hbond substituents is 2. The monoisotopic (exact) mass is 315 g/mol. The van der Waals surface area contributed by atoms with Crippen molar-refractivity contribution in [2.45, 2.75) is 6.61 Å². The molecular weight excluding hydrogens is 298 g/mol. The number of hydrogen-bond acceptors (Lipinski definition) is 5. The van der Waals surface area contributed by atoms with Crippen molar-refractivity contribution in [3.05, 3.63) is 59.7 Å². The SMILES string of the molecule is CN(CC(=O)c1ccccc1)C(=O)OCc1ccc(O)c(O)c1. The maximum Gasteiger partial charge on any atom is 0.410 e. The van der Waals surface area contributed by atoms with Gasteiger partial charge in [-0.1, -0.05) is 36.4 Å². The van der Waals surface area contributed by atoms with Crippen molar-refractivity contribution in [3.8, 4) is 11.5 Å². The number of aromatic hydroxyl groups is 2. The Kier molecular flexibility index (Phi) is 5.19. The molecule has 0 saturated carbocycles. The maximum atomic E-state index is 12.0. The molecule has 0 spiro atoms. The van der Waals surface area contributed by atoms with Crippen molar-refractivity contribution in [3.63, 3.8) is 0 Å². The van der Waals surface area contributed by atoms with Crippen LogP contribution in [0.5, 0.6) is 11.5 Å². The fourth-order valence-electron chi connectivity index (χ4n) is 1.91. The minimum atomic E-state index is -0.651. The van der Waals surface area contributed by atoms with Crippen LogP contribution >= 0.6 is 0 Å². The Balaban J connectivity index is 1.87. The first kappa shape index (κ1) is 16.4. The summed E-state index contributed by atoms with van der Waals surface area (Å²) in [5.41, 5.74) is 1.05. The molecular formula is C17H17NO5. The highest BCUT2D eigenvalue weighted by atomic mass is 16.6. The van der Waals surface area contributed by atoms with Crippen molar-refractivity contribution in [2.75, 3.05) is 13.6 Å². The standard InChI is InChI=1S/C17H17NO5/c1-18(10-16(21)13-5-3-2-4-6-13)17(22)23-11-12-7-8-14(19)15(20)9-12/h2-9,19-20H,10-11H2,1H3. The number of hydrogen-bond donors (Lipinski definition) is 2. The predicted molar refractivity (Wildman–Crippen MR) is 83.4 cm³/mol. The number of Topliss-reactive ketones (excluding diaryl/α,β-unsaturated/α-hetero) is 1. The molecule has 0 saturated heterocycles. The number of likely N-dealkylation sites (N-methyl/N-ethyl adjacent to an activating group) is 1. The molecule has 2 aromatic rings. The molecule has 0 aromatic heterocycles. The molecule has 2 aromatic carbocycles. The molecule has 0 atom stereocenters. The van der Waals surface area contributed by atoms with Gasteiger partial charge in [-0.05, 0) is 17.7 Å². The average Bonchev–Trinajstić information content (AvgIpc) is 2.56. The Labute approximate surface area is 133 Å². The summed E-state index contributed by atoms with van der Waals surface area (Å²) in [5.74, 6) is -0.718. The average molecular weight is 315 g/mol. The second-order valence-corrected chi connectivity index (χ2v) is 5.02. The summed E-state index contributed by atoms with van der Waals surface area (Å²) in [7, 11) is 1.47. The molecule has 6 nitrogen and oxygen atoms in total. The van der Waals surface area contributed by atoms with E-state index in [0.717, 1.165) is 0 Å². The van der Waals surface area contributed by atoms with Gasteiger partial charge in [0.05, 0.1) is 6.54 Å². The highest BCUT2D eigenvalue weighted by Gasteiger charge is 2.15. The number of benzene rings is 2. The maximum absolute atomic E-state index is 12.0. The molecule has 0 aliphatic carbocycles. The summed E-state index contributed by atoms with van der Waals surface area (Å²) in [5, 5.41) is 18.6.